The molecule has 0 saturated heterocycles. The molecule has 0 radical (unpaired) electrons. The lowest BCUT2D eigenvalue weighted by atomic mass is 10.4. The van der Waals surface area contributed by atoms with Crippen molar-refractivity contribution in [3.8, 4) is 0 Å². The van der Waals surface area contributed by atoms with Crippen LogP contribution in [0.2, 0.25) is 0 Å². The lowest BCUT2D eigenvalue weighted by molar-refractivity contribution is 0.399. The van der Waals surface area contributed by atoms with Gasteiger partial charge >= 0.3 is 0 Å². The molecule has 0 aromatic carbocycles. The van der Waals surface area contributed by atoms with Gasteiger partial charge in [0.05, 0.1) is 6.54 Å². The van der Waals surface area contributed by atoms with E-state index in [0.29, 0.717) is 12.3 Å². The van der Waals surface area contributed by atoms with Gasteiger partial charge in [-0.15, -0.1) is 0 Å². The molecule has 2 N–H and O–H groups in total. The van der Waals surface area contributed by atoms with Crippen LogP contribution in [0.4, 0.5) is 0 Å². The van der Waals surface area contributed by atoms with Gasteiger partial charge in [0.25, 0.3) is 10.0 Å². The van der Waals surface area contributed by atoms with Crippen LogP contribution in [0.15, 0.2) is 21.6 Å². The standard InChI is InChI=1S/C13H24N2O3S2/c1-4-8-14-9-12-6-7-13(18-12)20(16,17)15-11(3)10-19-5-2/h6-7,11,14-15H,4-5,8-10H2,1-3H3. The summed E-state index contributed by atoms with van der Waals surface area (Å²) in [7, 11) is -3.56. The van der Waals surface area contributed by atoms with E-state index in [1.54, 1.807) is 17.8 Å². The molecule has 5 nitrogen and oxygen atoms in total. The van der Waals surface area contributed by atoms with Gasteiger partial charge in [-0.3, -0.25) is 0 Å². The van der Waals surface area contributed by atoms with Crippen LogP contribution < -0.4 is 10.0 Å². The summed E-state index contributed by atoms with van der Waals surface area (Å²) < 4.78 is 32.2. The van der Waals surface area contributed by atoms with E-state index >= 15 is 0 Å². The highest BCUT2D eigenvalue weighted by Gasteiger charge is 2.21. The van der Waals surface area contributed by atoms with Gasteiger partial charge in [-0.05, 0) is 37.8 Å². The molecule has 0 aliphatic carbocycles. The highest BCUT2D eigenvalue weighted by Crippen LogP contribution is 2.15. The molecule has 1 aromatic heterocycles. The summed E-state index contributed by atoms with van der Waals surface area (Å²) in [5.41, 5.74) is 0. The maximum absolute atomic E-state index is 12.1. The summed E-state index contributed by atoms with van der Waals surface area (Å²) in [5, 5.41) is 3.16. The molecule has 0 amide bonds. The Balaban J connectivity index is 2.59. The summed E-state index contributed by atoms with van der Waals surface area (Å²) in [6, 6.07) is 3.09. The van der Waals surface area contributed by atoms with Gasteiger partial charge < -0.3 is 9.73 Å². The number of hydrogen-bond donors (Lipinski definition) is 2. The van der Waals surface area contributed by atoms with Crippen molar-refractivity contribution in [2.75, 3.05) is 18.1 Å². The predicted molar refractivity (Wildman–Crippen MR) is 83.5 cm³/mol. The number of furan rings is 1. The molecule has 0 spiro atoms. The molecule has 0 fully saturated rings. The Kier molecular flexibility index (Phi) is 7.65. The SMILES string of the molecule is CCCNCc1ccc(S(=O)(=O)NC(C)CSCC)o1. The van der Waals surface area contributed by atoms with Crippen molar-refractivity contribution in [3.63, 3.8) is 0 Å². The molecule has 1 unspecified atom stereocenters. The van der Waals surface area contributed by atoms with Crippen molar-refractivity contribution in [2.24, 2.45) is 0 Å². The number of rotatable bonds is 10. The number of thioether (sulfide) groups is 1. The Bertz CT molecular complexity index is 486. The van der Waals surface area contributed by atoms with Gasteiger partial charge in [0, 0.05) is 11.8 Å². The number of sulfonamides is 1. The van der Waals surface area contributed by atoms with Crippen LogP contribution in [-0.2, 0) is 16.6 Å². The Morgan fingerprint density at radius 2 is 2.10 bits per heavy atom. The zero-order valence-corrected chi connectivity index (χ0v) is 13.9. The fourth-order valence-corrected chi connectivity index (χ4v) is 3.61. The van der Waals surface area contributed by atoms with Crippen LogP contribution in [-0.4, -0.2) is 32.5 Å². The van der Waals surface area contributed by atoms with Crippen LogP contribution >= 0.6 is 11.8 Å². The summed E-state index contributed by atoms with van der Waals surface area (Å²) >= 11 is 1.70. The molecule has 7 heteroatoms. The second-order valence-corrected chi connectivity index (χ2v) is 7.54. The Morgan fingerprint density at radius 1 is 1.35 bits per heavy atom. The molecule has 1 rings (SSSR count). The molecule has 0 aliphatic heterocycles. The average molecular weight is 320 g/mol. The van der Waals surface area contributed by atoms with Gasteiger partial charge in [-0.25, -0.2) is 13.1 Å². The van der Waals surface area contributed by atoms with Crippen LogP contribution in [0, 0.1) is 0 Å². The quantitative estimate of drug-likeness (QED) is 0.647. The van der Waals surface area contributed by atoms with E-state index in [1.165, 1.54) is 6.07 Å². The second-order valence-electron chi connectivity index (χ2n) is 4.58. The van der Waals surface area contributed by atoms with Gasteiger partial charge in [0.2, 0.25) is 5.09 Å². The highest BCUT2D eigenvalue weighted by atomic mass is 32.2. The van der Waals surface area contributed by atoms with Crippen molar-refractivity contribution in [1.29, 1.82) is 0 Å². The molecular formula is C13H24N2O3S2. The molecule has 0 bridgehead atoms. The van der Waals surface area contributed by atoms with Crippen LogP contribution in [0.5, 0.6) is 0 Å². The molecule has 116 valence electrons. The second kappa shape index (κ2) is 8.71. The third kappa shape index (κ3) is 5.87. The maximum Gasteiger partial charge on any atom is 0.274 e. The molecule has 0 aliphatic rings. The molecule has 0 saturated carbocycles. The first-order chi connectivity index (χ1) is 9.49. The third-order valence-electron chi connectivity index (χ3n) is 2.56. The lowest BCUT2D eigenvalue weighted by Gasteiger charge is -2.11. The summed E-state index contributed by atoms with van der Waals surface area (Å²) in [5.74, 6) is 2.36. The topological polar surface area (TPSA) is 71.3 Å². The first-order valence-corrected chi connectivity index (χ1v) is 9.52. The number of nitrogens with one attached hydrogen (secondary N) is 2. The van der Waals surface area contributed by atoms with Crippen molar-refractivity contribution in [1.82, 2.24) is 10.0 Å². The minimum Gasteiger partial charge on any atom is -0.447 e. The van der Waals surface area contributed by atoms with Gasteiger partial charge in [-0.1, -0.05) is 13.8 Å². The van der Waals surface area contributed by atoms with E-state index in [2.05, 4.69) is 17.0 Å². The van der Waals surface area contributed by atoms with Gasteiger partial charge in [-0.2, -0.15) is 11.8 Å². The summed E-state index contributed by atoms with van der Waals surface area (Å²) in [6.07, 6.45) is 1.03. The normalized spacial score (nSPS) is 13.6. The van der Waals surface area contributed by atoms with Crippen LogP contribution in [0.25, 0.3) is 0 Å². The van der Waals surface area contributed by atoms with E-state index in [1.807, 2.05) is 13.8 Å². The van der Waals surface area contributed by atoms with Crippen molar-refractivity contribution >= 4 is 21.8 Å². The average Bonchev–Trinajstić information content (AvgIpc) is 2.86. The van der Waals surface area contributed by atoms with Crippen LogP contribution in [0.1, 0.15) is 33.0 Å². The predicted octanol–water partition coefficient (Wildman–Crippen LogP) is 2.20. The fourth-order valence-electron chi connectivity index (χ4n) is 1.64. The largest absolute Gasteiger partial charge is 0.447 e. The lowest BCUT2D eigenvalue weighted by Crippen LogP contribution is -2.34. The molecule has 1 atom stereocenters. The molecule has 1 heterocycles. The maximum atomic E-state index is 12.1. The minimum absolute atomic E-state index is 0.0147. The molecule has 1 aromatic rings. The van der Waals surface area contributed by atoms with Crippen molar-refractivity contribution < 1.29 is 12.8 Å². The third-order valence-corrected chi connectivity index (χ3v) is 5.16. The smallest absolute Gasteiger partial charge is 0.274 e. The minimum atomic E-state index is -3.56. The summed E-state index contributed by atoms with van der Waals surface area (Å²) in [4.78, 5) is 0. The molecule has 20 heavy (non-hydrogen) atoms. The Hall–Kier alpha value is -0.500. The monoisotopic (exact) mass is 320 g/mol. The van der Waals surface area contributed by atoms with Crippen molar-refractivity contribution in [3.05, 3.63) is 17.9 Å². The zero-order chi connectivity index (χ0) is 15.0. The van der Waals surface area contributed by atoms with Gasteiger partial charge in [0.1, 0.15) is 5.76 Å². The van der Waals surface area contributed by atoms with E-state index in [4.69, 9.17) is 4.42 Å². The van der Waals surface area contributed by atoms with Gasteiger partial charge in [0.15, 0.2) is 0 Å². The van der Waals surface area contributed by atoms with E-state index < -0.39 is 10.0 Å². The first kappa shape index (κ1) is 17.6. The van der Waals surface area contributed by atoms with Crippen molar-refractivity contribution in [2.45, 2.75) is 44.9 Å². The summed E-state index contributed by atoms with van der Waals surface area (Å²) in [6.45, 7) is 7.41. The fraction of sp³-hybridized carbons (Fsp3) is 0.692. The Morgan fingerprint density at radius 3 is 2.75 bits per heavy atom. The highest BCUT2D eigenvalue weighted by molar-refractivity contribution is 7.99. The molecular weight excluding hydrogens is 296 g/mol. The zero-order valence-electron chi connectivity index (χ0n) is 12.3. The van der Waals surface area contributed by atoms with E-state index in [-0.39, 0.29) is 11.1 Å². The van der Waals surface area contributed by atoms with Crippen LogP contribution in [0.3, 0.4) is 0 Å². The van der Waals surface area contributed by atoms with E-state index in [9.17, 15) is 8.42 Å². The Labute approximate surface area is 125 Å². The number of hydrogen-bond acceptors (Lipinski definition) is 5. The van der Waals surface area contributed by atoms with E-state index in [0.717, 1.165) is 24.5 Å². The first-order valence-electron chi connectivity index (χ1n) is 6.89.